The van der Waals surface area contributed by atoms with E-state index in [1.165, 1.54) is 32.1 Å². The molecule has 1 saturated carbocycles. The first kappa shape index (κ1) is 11.5. The van der Waals surface area contributed by atoms with Crippen molar-refractivity contribution in [3.63, 3.8) is 0 Å². The van der Waals surface area contributed by atoms with Crippen LogP contribution in [0.15, 0.2) is 12.4 Å². The Hall–Kier alpha value is -1.03. The third kappa shape index (κ3) is 2.98. The van der Waals surface area contributed by atoms with Crippen LogP contribution in [0.1, 0.15) is 44.6 Å². The van der Waals surface area contributed by atoms with E-state index in [2.05, 4.69) is 9.78 Å². The van der Waals surface area contributed by atoms with Crippen LogP contribution >= 0.6 is 0 Å². The Morgan fingerprint density at radius 3 is 2.94 bits per heavy atom. The highest BCUT2D eigenvalue weighted by Gasteiger charge is 2.16. The van der Waals surface area contributed by atoms with E-state index in [0.717, 1.165) is 12.2 Å². The van der Waals surface area contributed by atoms with Gasteiger partial charge in [-0.2, -0.15) is 5.10 Å². The third-order valence-corrected chi connectivity index (χ3v) is 3.14. The van der Waals surface area contributed by atoms with Crippen LogP contribution in [0.2, 0.25) is 0 Å². The van der Waals surface area contributed by atoms with Crippen LogP contribution in [-0.4, -0.2) is 22.9 Å². The second kappa shape index (κ2) is 5.89. The largest absolute Gasteiger partial charge is 0.490 e. The highest BCUT2D eigenvalue weighted by Crippen LogP contribution is 2.28. The molecule has 0 bridgehead atoms. The van der Waals surface area contributed by atoms with Gasteiger partial charge in [-0.05, 0) is 25.8 Å². The van der Waals surface area contributed by atoms with Gasteiger partial charge < -0.3 is 10.5 Å². The molecule has 1 aliphatic carbocycles. The van der Waals surface area contributed by atoms with Crippen molar-refractivity contribution in [1.82, 2.24) is 9.78 Å². The fraction of sp³-hybridized carbons (Fsp3) is 0.750. The maximum absolute atomic E-state index is 5.55. The summed E-state index contributed by atoms with van der Waals surface area (Å²) >= 11 is 0. The van der Waals surface area contributed by atoms with Crippen LogP contribution in [0.3, 0.4) is 0 Å². The number of hydrogen-bond donors (Lipinski definition) is 1. The molecule has 16 heavy (non-hydrogen) atoms. The third-order valence-electron chi connectivity index (χ3n) is 3.14. The minimum Gasteiger partial charge on any atom is -0.490 e. The maximum Gasteiger partial charge on any atom is 0.157 e. The molecule has 0 aromatic carbocycles. The molecule has 0 unspecified atom stereocenters. The molecular formula is C12H21N3O. The lowest BCUT2D eigenvalue weighted by molar-refractivity contribution is 0.307. The average Bonchev–Trinajstić information content (AvgIpc) is 2.79. The van der Waals surface area contributed by atoms with Crippen LogP contribution in [0.25, 0.3) is 0 Å². The van der Waals surface area contributed by atoms with Gasteiger partial charge in [0.1, 0.15) is 0 Å². The van der Waals surface area contributed by atoms with Crippen molar-refractivity contribution in [2.45, 2.75) is 44.6 Å². The summed E-state index contributed by atoms with van der Waals surface area (Å²) in [5, 5.41) is 4.38. The van der Waals surface area contributed by atoms with E-state index in [-0.39, 0.29) is 0 Å². The second-order valence-electron chi connectivity index (χ2n) is 4.44. The molecule has 0 radical (unpaired) electrons. The van der Waals surface area contributed by atoms with E-state index >= 15 is 0 Å². The van der Waals surface area contributed by atoms with Crippen LogP contribution in [0, 0.1) is 0 Å². The normalized spacial score (nSPS) is 17.6. The lowest BCUT2D eigenvalue weighted by Crippen LogP contribution is -2.12. The molecule has 1 aromatic heterocycles. The van der Waals surface area contributed by atoms with E-state index < -0.39 is 0 Å². The first-order valence-corrected chi connectivity index (χ1v) is 6.27. The Labute approximate surface area is 96.8 Å². The van der Waals surface area contributed by atoms with Gasteiger partial charge in [0.25, 0.3) is 0 Å². The van der Waals surface area contributed by atoms with Gasteiger partial charge in [-0.25, -0.2) is 0 Å². The smallest absolute Gasteiger partial charge is 0.157 e. The van der Waals surface area contributed by atoms with Gasteiger partial charge in [0, 0.05) is 0 Å². The van der Waals surface area contributed by atoms with Gasteiger partial charge in [0.15, 0.2) is 5.75 Å². The molecule has 0 saturated heterocycles. The molecule has 2 N–H and O–H groups in total. The topological polar surface area (TPSA) is 53.1 Å². The van der Waals surface area contributed by atoms with Crippen LogP contribution in [0.4, 0.5) is 0 Å². The van der Waals surface area contributed by atoms with Crippen LogP contribution in [0.5, 0.6) is 5.75 Å². The summed E-state index contributed by atoms with van der Waals surface area (Å²) in [6.07, 6.45) is 11.3. The summed E-state index contributed by atoms with van der Waals surface area (Å²) in [4.78, 5) is 0. The van der Waals surface area contributed by atoms with Gasteiger partial charge in [0.05, 0.1) is 25.0 Å². The monoisotopic (exact) mass is 223 g/mol. The van der Waals surface area contributed by atoms with Crippen molar-refractivity contribution in [3.05, 3.63) is 12.4 Å². The highest BCUT2D eigenvalue weighted by molar-refractivity contribution is 5.12. The predicted molar refractivity (Wildman–Crippen MR) is 63.5 cm³/mol. The highest BCUT2D eigenvalue weighted by atomic mass is 16.5. The second-order valence-corrected chi connectivity index (χ2v) is 4.44. The van der Waals surface area contributed by atoms with E-state index in [9.17, 15) is 0 Å². The van der Waals surface area contributed by atoms with Crippen molar-refractivity contribution in [1.29, 1.82) is 0 Å². The van der Waals surface area contributed by atoms with Crippen molar-refractivity contribution < 1.29 is 4.74 Å². The number of hydrogen-bond acceptors (Lipinski definition) is 3. The molecule has 1 aliphatic rings. The lowest BCUT2D eigenvalue weighted by Gasteiger charge is -2.21. The summed E-state index contributed by atoms with van der Waals surface area (Å²) in [6, 6.07) is 0.584. The van der Waals surface area contributed by atoms with Crippen LogP contribution < -0.4 is 10.5 Å². The lowest BCUT2D eigenvalue weighted by atomic mass is 9.96. The Morgan fingerprint density at radius 2 is 2.19 bits per heavy atom. The summed E-state index contributed by atoms with van der Waals surface area (Å²) in [5.41, 5.74) is 5.41. The molecule has 4 heteroatoms. The first-order valence-electron chi connectivity index (χ1n) is 6.27. The van der Waals surface area contributed by atoms with E-state index in [4.69, 9.17) is 10.5 Å². The molecule has 1 aromatic rings. The Kier molecular flexibility index (Phi) is 4.22. The summed E-state index contributed by atoms with van der Waals surface area (Å²) in [7, 11) is 0. The molecule has 4 nitrogen and oxygen atoms in total. The molecule has 1 fully saturated rings. The first-order chi connectivity index (χ1) is 7.90. The van der Waals surface area contributed by atoms with Gasteiger partial charge in [-0.3, -0.25) is 4.68 Å². The van der Waals surface area contributed by atoms with Gasteiger partial charge in [-0.1, -0.05) is 19.3 Å². The summed E-state index contributed by atoms with van der Waals surface area (Å²) < 4.78 is 7.62. The molecule has 0 atom stereocenters. The minimum absolute atomic E-state index is 0.584. The Bertz CT molecular complexity index is 305. The van der Waals surface area contributed by atoms with Gasteiger partial charge in [-0.15, -0.1) is 0 Å². The van der Waals surface area contributed by atoms with Crippen LogP contribution in [-0.2, 0) is 0 Å². The predicted octanol–water partition coefficient (Wildman–Crippen LogP) is 2.12. The minimum atomic E-state index is 0.584. The molecule has 0 amide bonds. The van der Waals surface area contributed by atoms with Crippen molar-refractivity contribution >= 4 is 0 Å². The number of ether oxygens (including phenoxy) is 1. The maximum atomic E-state index is 5.55. The fourth-order valence-corrected chi connectivity index (χ4v) is 2.21. The number of nitrogens with two attached hydrogens (primary N) is 1. The molecule has 0 spiro atoms. The molecular weight excluding hydrogens is 202 g/mol. The van der Waals surface area contributed by atoms with E-state index in [0.29, 0.717) is 19.2 Å². The number of nitrogens with zero attached hydrogens (tertiary/aromatic N) is 2. The molecule has 1 heterocycles. The summed E-state index contributed by atoms with van der Waals surface area (Å²) in [6.45, 7) is 1.36. The van der Waals surface area contributed by atoms with Gasteiger partial charge in [0.2, 0.25) is 0 Å². The zero-order chi connectivity index (χ0) is 11.2. The van der Waals surface area contributed by atoms with E-state index in [1.54, 1.807) is 0 Å². The standard InChI is InChI=1S/C12H21N3O/c13-7-4-8-16-12-9-14-15(10-12)11-5-2-1-3-6-11/h9-11H,1-8,13H2. The number of rotatable bonds is 5. The van der Waals surface area contributed by atoms with E-state index in [1.807, 2.05) is 12.4 Å². The molecule has 0 aliphatic heterocycles. The zero-order valence-corrected chi connectivity index (χ0v) is 9.77. The number of aromatic nitrogens is 2. The average molecular weight is 223 g/mol. The zero-order valence-electron chi connectivity index (χ0n) is 9.77. The Morgan fingerprint density at radius 1 is 1.38 bits per heavy atom. The van der Waals surface area contributed by atoms with Crippen molar-refractivity contribution in [3.8, 4) is 5.75 Å². The Balaban J connectivity index is 1.85. The quantitative estimate of drug-likeness (QED) is 0.778. The molecule has 90 valence electrons. The summed E-state index contributed by atoms with van der Waals surface area (Å²) in [5.74, 6) is 0.874. The van der Waals surface area contributed by atoms with Crippen molar-refractivity contribution in [2.75, 3.05) is 13.2 Å². The van der Waals surface area contributed by atoms with Gasteiger partial charge >= 0.3 is 0 Å². The van der Waals surface area contributed by atoms with Crippen molar-refractivity contribution in [2.24, 2.45) is 5.73 Å². The fourth-order valence-electron chi connectivity index (χ4n) is 2.21. The SMILES string of the molecule is NCCCOc1cnn(C2CCCCC2)c1. The molecule has 2 rings (SSSR count).